The molecule has 1 fully saturated rings. The minimum Gasteiger partial charge on any atom is -0.495 e. The molecule has 2 unspecified atom stereocenters. The van der Waals surface area contributed by atoms with E-state index in [1.165, 1.54) is 37.7 Å². The summed E-state index contributed by atoms with van der Waals surface area (Å²) in [5.74, 6) is 2.59. The number of rotatable bonds is 6. The van der Waals surface area contributed by atoms with Gasteiger partial charge in [-0.1, -0.05) is 43.9 Å². The molecule has 1 aromatic carbocycles. The van der Waals surface area contributed by atoms with Gasteiger partial charge in [0, 0.05) is 6.54 Å². The number of hydrogen-bond donors (Lipinski definition) is 1. The highest BCUT2D eigenvalue weighted by atomic mass is 35.5. The van der Waals surface area contributed by atoms with Crippen LogP contribution in [0.25, 0.3) is 0 Å². The molecule has 112 valence electrons. The summed E-state index contributed by atoms with van der Waals surface area (Å²) in [6, 6.07) is 5.98. The van der Waals surface area contributed by atoms with Crippen molar-refractivity contribution in [3.05, 3.63) is 28.8 Å². The number of hydrogen-bond acceptors (Lipinski definition) is 2. The van der Waals surface area contributed by atoms with E-state index in [2.05, 4.69) is 18.3 Å². The van der Waals surface area contributed by atoms with Gasteiger partial charge in [0.2, 0.25) is 0 Å². The van der Waals surface area contributed by atoms with Crippen LogP contribution in [0.4, 0.5) is 0 Å². The molecule has 20 heavy (non-hydrogen) atoms. The van der Waals surface area contributed by atoms with Gasteiger partial charge in [-0.25, -0.2) is 0 Å². The third-order valence-corrected chi connectivity index (χ3v) is 4.62. The van der Waals surface area contributed by atoms with Gasteiger partial charge in [-0.3, -0.25) is 0 Å². The van der Waals surface area contributed by atoms with Crippen LogP contribution in [0.5, 0.6) is 5.75 Å². The molecule has 0 amide bonds. The first kappa shape index (κ1) is 15.7. The van der Waals surface area contributed by atoms with Gasteiger partial charge in [0.1, 0.15) is 5.75 Å². The van der Waals surface area contributed by atoms with E-state index in [0.29, 0.717) is 5.02 Å². The fourth-order valence-corrected chi connectivity index (χ4v) is 3.46. The Labute approximate surface area is 127 Å². The molecule has 0 saturated heterocycles. The normalized spacial score (nSPS) is 22.8. The minimum atomic E-state index is 0.688. The molecule has 0 radical (unpaired) electrons. The van der Waals surface area contributed by atoms with Crippen LogP contribution >= 0.6 is 11.6 Å². The molecule has 0 aliphatic heterocycles. The van der Waals surface area contributed by atoms with Crippen LogP contribution in [-0.2, 0) is 6.54 Å². The van der Waals surface area contributed by atoms with Crippen molar-refractivity contribution in [3.63, 3.8) is 0 Å². The molecule has 2 nitrogen and oxygen atoms in total. The van der Waals surface area contributed by atoms with Gasteiger partial charge in [0.25, 0.3) is 0 Å². The first-order valence-electron chi connectivity index (χ1n) is 7.72. The molecule has 3 heteroatoms. The standard InChI is InChI=1S/C17H26ClNO/c1-13-4-3-5-14(10-13)8-9-19-12-15-6-7-17(20-2)16(18)11-15/h6-7,11,13-14,19H,3-5,8-10,12H2,1-2H3. The summed E-state index contributed by atoms with van der Waals surface area (Å²) in [4.78, 5) is 0. The summed E-state index contributed by atoms with van der Waals surface area (Å²) in [6.07, 6.45) is 6.97. The Morgan fingerprint density at radius 2 is 2.20 bits per heavy atom. The number of halogens is 1. The van der Waals surface area contributed by atoms with Crippen LogP contribution in [0.15, 0.2) is 18.2 Å². The fraction of sp³-hybridized carbons (Fsp3) is 0.647. The number of ether oxygens (including phenoxy) is 1. The van der Waals surface area contributed by atoms with E-state index in [1.807, 2.05) is 12.1 Å². The number of benzene rings is 1. The second-order valence-corrected chi connectivity index (χ2v) is 6.48. The molecular formula is C17H26ClNO. The van der Waals surface area contributed by atoms with Crippen molar-refractivity contribution in [2.45, 2.75) is 45.6 Å². The maximum absolute atomic E-state index is 6.13. The van der Waals surface area contributed by atoms with Gasteiger partial charge in [-0.05, 0) is 48.9 Å². The van der Waals surface area contributed by atoms with Crippen LogP contribution in [0.2, 0.25) is 5.02 Å². The van der Waals surface area contributed by atoms with Crippen molar-refractivity contribution in [2.75, 3.05) is 13.7 Å². The summed E-state index contributed by atoms with van der Waals surface area (Å²) in [6.45, 7) is 4.37. The molecule has 2 atom stereocenters. The van der Waals surface area contributed by atoms with Crippen molar-refractivity contribution < 1.29 is 4.74 Å². The second-order valence-electron chi connectivity index (χ2n) is 6.07. The van der Waals surface area contributed by atoms with E-state index in [-0.39, 0.29) is 0 Å². The molecule has 1 aliphatic rings. The molecule has 1 saturated carbocycles. The zero-order chi connectivity index (χ0) is 14.4. The maximum Gasteiger partial charge on any atom is 0.137 e. The van der Waals surface area contributed by atoms with Gasteiger partial charge in [0.05, 0.1) is 12.1 Å². The molecule has 0 spiro atoms. The van der Waals surface area contributed by atoms with Crippen molar-refractivity contribution in [1.82, 2.24) is 5.32 Å². The van der Waals surface area contributed by atoms with Gasteiger partial charge in [-0.15, -0.1) is 0 Å². The highest BCUT2D eigenvalue weighted by Gasteiger charge is 2.18. The first-order valence-corrected chi connectivity index (χ1v) is 8.10. The SMILES string of the molecule is COc1ccc(CNCCC2CCCC(C)C2)cc1Cl. The Morgan fingerprint density at radius 3 is 2.90 bits per heavy atom. The Morgan fingerprint density at radius 1 is 1.35 bits per heavy atom. The van der Waals surface area contributed by atoms with E-state index in [4.69, 9.17) is 16.3 Å². The summed E-state index contributed by atoms with van der Waals surface area (Å²) in [5, 5.41) is 4.22. The van der Waals surface area contributed by atoms with Gasteiger partial charge in [0.15, 0.2) is 0 Å². The molecule has 0 heterocycles. The molecule has 1 aliphatic carbocycles. The second kappa shape index (κ2) is 7.90. The van der Waals surface area contributed by atoms with E-state index in [1.54, 1.807) is 7.11 Å². The zero-order valence-corrected chi connectivity index (χ0v) is 13.4. The third-order valence-electron chi connectivity index (χ3n) is 4.32. The molecule has 0 aromatic heterocycles. The smallest absolute Gasteiger partial charge is 0.137 e. The molecule has 1 N–H and O–H groups in total. The minimum absolute atomic E-state index is 0.688. The molecule has 0 bridgehead atoms. The topological polar surface area (TPSA) is 21.3 Å². The van der Waals surface area contributed by atoms with Crippen molar-refractivity contribution in [2.24, 2.45) is 11.8 Å². The highest BCUT2D eigenvalue weighted by Crippen LogP contribution is 2.30. The average molecular weight is 296 g/mol. The Bertz CT molecular complexity index is 421. The highest BCUT2D eigenvalue weighted by molar-refractivity contribution is 6.32. The van der Waals surface area contributed by atoms with Gasteiger partial charge in [-0.2, -0.15) is 0 Å². The first-order chi connectivity index (χ1) is 9.69. The van der Waals surface area contributed by atoms with E-state index in [9.17, 15) is 0 Å². The predicted molar refractivity (Wildman–Crippen MR) is 85.4 cm³/mol. The monoisotopic (exact) mass is 295 g/mol. The van der Waals surface area contributed by atoms with Crippen molar-refractivity contribution >= 4 is 11.6 Å². The summed E-state index contributed by atoms with van der Waals surface area (Å²) >= 11 is 6.13. The van der Waals surface area contributed by atoms with Gasteiger partial charge >= 0.3 is 0 Å². The van der Waals surface area contributed by atoms with Crippen molar-refractivity contribution in [1.29, 1.82) is 0 Å². The average Bonchev–Trinajstić information content (AvgIpc) is 2.44. The lowest BCUT2D eigenvalue weighted by atomic mass is 9.81. The van der Waals surface area contributed by atoms with Crippen LogP contribution in [0, 0.1) is 11.8 Å². The zero-order valence-electron chi connectivity index (χ0n) is 12.6. The Kier molecular flexibility index (Phi) is 6.18. The quantitative estimate of drug-likeness (QED) is 0.771. The van der Waals surface area contributed by atoms with Crippen LogP contribution in [-0.4, -0.2) is 13.7 Å². The molecular weight excluding hydrogens is 270 g/mol. The van der Waals surface area contributed by atoms with E-state index >= 15 is 0 Å². The van der Waals surface area contributed by atoms with Crippen LogP contribution < -0.4 is 10.1 Å². The van der Waals surface area contributed by atoms with Crippen molar-refractivity contribution in [3.8, 4) is 5.75 Å². The summed E-state index contributed by atoms with van der Waals surface area (Å²) in [7, 11) is 1.64. The lowest BCUT2D eigenvalue weighted by Crippen LogP contribution is -2.21. The summed E-state index contributed by atoms with van der Waals surface area (Å²) < 4.78 is 5.16. The Balaban J connectivity index is 1.69. The lowest BCUT2D eigenvalue weighted by molar-refractivity contribution is 0.267. The third kappa shape index (κ3) is 4.68. The van der Waals surface area contributed by atoms with Crippen LogP contribution in [0.3, 0.4) is 0 Å². The predicted octanol–water partition coefficient (Wildman–Crippen LogP) is 4.65. The number of nitrogens with one attached hydrogen (secondary N) is 1. The van der Waals surface area contributed by atoms with E-state index < -0.39 is 0 Å². The molecule has 1 aromatic rings. The molecule has 2 rings (SSSR count). The number of methoxy groups -OCH3 is 1. The summed E-state index contributed by atoms with van der Waals surface area (Å²) in [5.41, 5.74) is 1.22. The fourth-order valence-electron chi connectivity index (χ4n) is 3.18. The van der Waals surface area contributed by atoms with Crippen LogP contribution in [0.1, 0.15) is 44.6 Å². The van der Waals surface area contributed by atoms with Gasteiger partial charge < -0.3 is 10.1 Å². The lowest BCUT2D eigenvalue weighted by Gasteiger charge is -2.26. The maximum atomic E-state index is 6.13. The largest absolute Gasteiger partial charge is 0.495 e. The van der Waals surface area contributed by atoms with E-state index in [0.717, 1.165) is 30.7 Å². The Hall–Kier alpha value is -0.730.